The predicted octanol–water partition coefficient (Wildman–Crippen LogP) is 6.35. The number of benzene rings is 3. The van der Waals surface area contributed by atoms with Crippen molar-refractivity contribution in [1.29, 1.82) is 0 Å². The van der Waals surface area contributed by atoms with Crippen molar-refractivity contribution < 1.29 is 24.9 Å². The number of nitrogens with zero attached hydrogens (tertiary/aromatic N) is 2. The number of aliphatic hydroxyl groups is 2. The summed E-state index contributed by atoms with van der Waals surface area (Å²) in [4.78, 5) is 33.3. The van der Waals surface area contributed by atoms with E-state index in [-0.39, 0.29) is 24.2 Å². The molecule has 3 aromatic carbocycles. The first-order chi connectivity index (χ1) is 22.3. The van der Waals surface area contributed by atoms with E-state index in [1.165, 1.54) is 4.90 Å². The minimum Gasteiger partial charge on any atom is -0.508 e. The largest absolute Gasteiger partial charge is 0.508 e. The number of hydrogen-bond donors (Lipinski definition) is 4. The van der Waals surface area contributed by atoms with Crippen LogP contribution in [0.15, 0.2) is 114 Å². The highest BCUT2D eigenvalue weighted by atomic mass is 16.3. The molecule has 4 atom stereocenters. The average Bonchev–Trinajstić information content (AvgIpc) is 3.32. The van der Waals surface area contributed by atoms with E-state index in [0.29, 0.717) is 30.5 Å². The number of fused-ring (bicyclic) bond motifs is 1. The second-order valence-corrected chi connectivity index (χ2v) is 11.9. The molecule has 0 unspecified atom stereocenters. The molecule has 1 fully saturated rings. The standard InChI is InChI=1S/C38H37N3O5/c1-24-21-31-36(38(46)41(37(31)45)29-15-13-28(14-16-29)40-27-7-3-2-4-8-27)32(23-42)35(24)34(44)19-12-26(33-9-5-6-20-39-33)22-25-10-17-30(43)18-11-25/h2-11,13-18,20,22,31-32,34,36,40,42-44H,12,19,21,23H2,1H3/b26-22-/t31-,32+,34-,36-/m1/s1. The molecule has 2 heterocycles. The number of allylic oxidation sites excluding steroid dienone is 2. The number of hydrogen-bond acceptors (Lipinski definition) is 7. The van der Waals surface area contributed by atoms with Crippen molar-refractivity contribution in [3.63, 3.8) is 0 Å². The van der Waals surface area contributed by atoms with Crippen molar-refractivity contribution in [3.05, 3.63) is 126 Å². The number of carbonyl (C=O) groups is 2. The van der Waals surface area contributed by atoms with Crippen LogP contribution in [0, 0.1) is 17.8 Å². The van der Waals surface area contributed by atoms with Crippen LogP contribution in [0.25, 0.3) is 11.6 Å². The van der Waals surface area contributed by atoms with E-state index in [4.69, 9.17) is 0 Å². The van der Waals surface area contributed by atoms with E-state index in [2.05, 4.69) is 10.3 Å². The maximum Gasteiger partial charge on any atom is 0.238 e. The Kier molecular flexibility index (Phi) is 9.10. The molecule has 4 N–H and O–H groups in total. The van der Waals surface area contributed by atoms with Crippen molar-refractivity contribution >= 4 is 40.5 Å². The van der Waals surface area contributed by atoms with Gasteiger partial charge in [-0.15, -0.1) is 0 Å². The molecule has 0 radical (unpaired) electrons. The van der Waals surface area contributed by atoms with Gasteiger partial charge in [0.2, 0.25) is 11.8 Å². The fourth-order valence-corrected chi connectivity index (χ4v) is 6.80. The lowest BCUT2D eigenvalue weighted by Gasteiger charge is -2.35. The normalized spacial score (nSPS) is 20.5. The van der Waals surface area contributed by atoms with Gasteiger partial charge >= 0.3 is 0 Å². The highest BCUT2D eigenvalue weighted by molar-refractivity contribution is 6.22. The van der Waals surface area contributed by atoms with Gasteiger partial charge in [0, 0.05) is 23.5 Å². The third-order valence-electron chi connectivity index (χ3n) is 8.99. The van der Waals surface area contributed by atoms with Crippen molar-refractivity contribution in [3.8, 4) is 5.75 Å². The molecule has 1 aliphatic carbocycles. The number of pyridine rings is 1. The molecule has 0 bridgehead atoms. The number of aromatic hydroxyl groups is 1. The van der Waals surface area contributed by atoms with Gasteiger partial charge in [-0.25, -0.2) is 0 Å². The number of anilines is 3. The topological polar surface area (TPSA) is 123 Å². The maximum atomic E-state index is 13.9. The van der Waals surface area contributed by atoms with Gasteiger partial charge in [-0.2, -0.15) is 0 Å². The van der Waals surface area contributed by atoms with Gasteiger partial charge in [0.1, 0.15) is 5.75 Å². The van der Waals surface area contributed by atoms with Crippen LogP contribution in [0.5, 0.6) is 5.75 Å². The number of para-hydroxylation sites is 1. The van der Waals surface area contributed by atoms with E-state index in [1.807, 2.05) is 85.8 Å². The van der Waals surface area contributed by atoms with Gasteiger partial charge in [0.15, 0.2) is 0 Å². The SMILES string of the molecule is CC1=C([C@H](O)CC/C(=C/c2ccc(O)cc2)c2ccccn2)[C@H](CO)[C@@H]2C(=O)N(c3ccc(Nc4ccccc4)cc3)C(=O)[C@@H]2C1. The summed E-state index contributed by atoms with van der Waals surface area (Å²) in [6, 6.07) is 29.4. The first kappa shape index (κ1) is 31.0. The first-order valence-corrected chi connectivity index (χ1v) is 15.5. The molecular weight excluding hydrogens is 578 g/mol. The predicted molar refractivity (Wildman–Crippen MR) is 179 cm³/mol. The molecule has 1 aliphatic heterocycles. The number of imide groups is 1. The van der Waals surface area contributed by atoms with Crippen molar-refractivity contribution in [2.75, 3.05) is 16.8 Å². The third-order valence-corrected chi connectivity index (χ3v) is 8.99. The monoisotopic (exact) mass is 615 g/mol. The Morgan fingerprint density at radius 1 is 0.935 bits per heavy atom. The zero-order valence-corrected chi connectivity index (χ0v) is 25.6. The van der Waals surface area contributed by atoms with Crippen LogP contribution >= 0.6 is 0 Å². The molecule has 46 heavy (non-hydrogen) atoms. The van der Waals surface area contributed by atoms with Crippen LogP contribution in [-0.4, -0.2) is 44.8 Å². The van der Waals surface area contributed by atoms with E-state index < -0.39 is 23.9 Å². The Morgan fingerprint density at radius 2 is 1.63 bits per heavy atom. The highest BCUT2D eigenvalue weighted by Gasteiger charge is 2.54. The molecule has 2 amide bonds. The Labute approximate surface area is 268 Å². The van der Waals surface area contributed by atoms with Gasteiger partial charge in [-0.1, -0.05) is 42.0 Å². The van der Waals surface area contributed by atoms with Crippen LogP contribution in [0.4, 0.5) is 17.1 Å². The molecule has 0 saturated carbocycles. The lowest BCUT2D eigenvalue weighted by molar-refractivity contribution is -0.123. The van der Waals surface area contributed by atoms with E-state index in [0.717, 1.165) is 33.8 Å². The molecule has 1 aromatic heterocycles. The number of rotatable bonds is 10. The number of aromatic nitrogens is 1. The lowest BCUT2D eigenvalue weighted by atomic mass is 9.68. The summed E-state index contributed by atoms with van der Waals surface area (Å²) in [5, 5.41) is 35.2. The summed E-state index contributed by atoms with van der Waals surface area (Å²) in [7, 11) is 0. The van der Waals surface area contributed by atoms with Crippen LogP contribution in [0.2, 0.25) is 0 Å². The highest BCUT2D eigenvalue weighted by Crippen LogP contribution is 2.47. The second-order valence-electron chi connectivity index (χ2n) is 11.9. The molecule has 4 aromatic rings. The molecule has 6 rings (SSSR count). The maximum absolute atomic E-state index is 13.9. The quantitative estimate of drug-likeness (QED) is 0.121. The van der Waals surface area contributed by atoms with Crippen molar-refractivity contribution in [1.82, 2.24) is 4.98 Å². The van der Waals surface area contributed by atoms with Crippen LogP contribution in [-0.2, 0) is 9.59 Å². The summed E-state index contributed by atoms with van der Waals surface area (Å²) in [6.45, 7) is 1.53. The first-order valence-electron chi connectivity index (χ1n) is 15.5. The number of phenols is 1. The fourth-order valence-electron chi connectivity index (χ4n) is 6.80. The molecule has 8 heteroatoms. The van der Waals surface area contributed by atoms with Gasteiger partial charge in [0.05, 0.1) is 35.9 Å². The van der Waals surface area contributed by atoms with Crippen LogP contribution in [0.1, 0.15) is 37.4 Å². The average molecular weight is 616 g/mol. The van der Waals surface area contributed by atoms with Crippen molar-refractivity contribution in [2.24, 2.45) is 17.8 Å². The molecule has 2 aliphatic rings. The number of nitrogens with one attached hydrogen (secondary N) is 1. The van der Waals surface area contributed by atoms with E-state index in [1.54, 1.807) is 30.5 Å². The minimum atomic E-state index is -0.926. The number of amides is 2. The van der Waals surface area contributed by atoms with Gasteiger partial charge in [-0.3, -0.25) is 19.5 Å². The molecule has 0 spiro atoms. The summed E-state index contributed by atoms with van der Waals surface area (Å²) in [5.41, 5.74) is 6.27. The minimum absolute atomic E-state index is 0.176. The Balaban J connectivity index is 1.20. The molecular formula is C38H37N3O5. The number of carbonyl (C=O) groups excluding carboxylic acids is 2. The summed E-state index contributed by atoms with van der Waals surface area (Å²) < 4.78 is 0. The Morgan fingerprint density at radius 3 is 2.30 bits per heavy atom. The molecule has 234 valence electrons. The van der Waals surface area contributed by atoms with Crippen LogP contribution < -0.4 is 10.2 Å². The zero-order valence-electron chi connectivity index (χ0n) is 25.6. The lowest BCUT2D eigenvalue weighted by Crippen LogP contribution is -2.38. The number of aliphatic hydroxyl groups excluding tert-OH is 2. The smallest absolute Gasteiger partial charge is 0.238 e. The van der Waals surface area contributed by atoms with Gasteiger partial charge in [-0.05, 0) is 110 Å². The zero-order chi connectivity index (χ0) is 32.2. The van der Waals surface area contributed by atoms with Crippen molar-refractivity contribution in [2.45, 2.75) is 32.3 Å². The summed E-state index contributed by atoms with van der Waals surface area (Å²) in [5.74, 6) is -2.48. The van der Waals surface area contributed by atoms with Gasteiger partial charge < -0.3 is 20.6 Å². The second kappa shape index (κ2) is 13.5. The summed E-state index contributed by atoms with van der Waals surface area (Å²) >= 11 is 0. The van der Waals surface area contributed by atoms with Gasteiger partial charge in [0.25, 0.3) is 0 Å². The molecule has 1 saturated heterocycles. The Bertz CT molecular complexity index is 1750. The number of phenolic OH excluding ortho intramolecular Hbond substituents is 1. The molecule has 8 nitrogen and oxygen atoms in total. The van der Waals surface area contributed by atoms with Crippen LogP contribution in [0.3, 0.4) is 0 Å². The third kappa shape index (κ3) is 6.36. The Hall–Kier alpha value is -5.05. The fraction of sp³-hybridized carbons (Fsp3) is 0.237. The van der Waals surface area contributed by atoms with E-state index in [9.17, 15) is 24.9 Å². The summed E-state index contributed by atoms with van der Waals surface area (Å²) in [6.07, 6.45) is 3.93. The van der Waals surface area contributed by atoms with E-state index >= 15 is 0 Å².